The molecule has 1 N–H and O–H groups in total. The van der Waals surface area contributed by atoms with Crippen LogP contribution in [0, 0.1) is 17.0 Å². The van der Waals surface area contributed by atoms with Crippen LogP contribution in [0.3, 0.4) is 0 Å². The predicted molar refractivity (Wildman–Crippen MR) is 82.8 cm³/mol. The van der Waals surface area contributed by atoms with Gasteiger partial charge < -0.3 is 0 Å². The lowest BCUT2D eigenvalue weighted by Crippen LogP contribution is -2.15. The monoisotopic (exact) mass is 370 g/mol. The Hall–Kier alpha value is -1.93. The maximum Gasteiger partial charge on any atom is 0.289 e. The zero-order valence-electron chi connectivity index (χ0n) is 10.9. The van der Waals surface area contributed by atoms with Crippen molar-refractivity contribution in [2.75, 3.05) is 4.72 Å². The number of hydrogen-bond acceptors (Lipinski definition) is 4. The molecule has 0 saturated heterocycles. The summed E-state index contributed by atoms with van der Waals surface area (Å²) in [6.45, 7) is 1.74. The number of para-hydroxylation sites is 1. The Balaban J connectivity index is 2.46. The number of nitrogens with one attached hydrogen (secondary N) is 1. The summed E-state index contributed by atoms with van der Waals surface area (Å²) >= 11 is 3.28. The molecule has 6 nitrogen and oxygen atoms in total. The SMILES string of the molecule is Cc1cc(Br)ccc1NS(=O)(=O)c1ccccc1[N+](=O)[O-]. The maximum atomic E-state index is 12.3. The zero-order valence-corrected chi connectivity index (χ0v) is 13.3. The number of rotatable bonds is 4. The largest absolute Gasteiger partial charge is 0.289 e. The summed E-state index contributed by atoms with van der Waals surface area (Å²) in [5, 5.41) is 10.9. The van der Waals surface area contributed by atoms with Gasteiger partial charge in [0.15, 0.2) is 4.90 Å². The van der Waals surface area contributed by atoms with Gasteiger partial charge >= 0.3 is 0 Å². The second-order valence-corrected chi connectivity index (χ2v) is 6.86. The van der Waals surface area contributed by atoms with Gasteiger partial charge in [0, 0.05) is 10.5 Å². The van der Waals surface area contributed by atoms with Gasteiger partial charge in [-0.3, -0.25) is 14.8 Å². The highest BCUT2D eigenvalue weighted by molar-refractivity contribution is 9.10. The van der Waals surface area contributed by atoms with Gasteiger partial charge in [0.05, 0.1) is 10.6 Å². The van der Waals surface area contributed by atoms with E-state index in [1.54, 1.807) is 25.1 Å². The smallest absolute Gasteiger partial charge is 0.279 e. The second kappa shape index (κ2) is 5.82. The second-order valence-electron chi connectivity index (χ2n) is 4.29. The number of benzene rings is 2. The summed E-state index contributed by atoms with van der Waals surface area (Å²) in [5.74, 6) is 0. The van der Waals surface area contributed by atoms with Crippen molar-refractivity contribution in [3.8, 4) is 0 Å². The van der Waals surface area contributed by atoms with Crippen molar-refractivity contribution < 1.29 is 13.3 Å². The van der Waals surface area contributed by atoms with E-state index in [2.05, 4.69) is 20.7 Å². The lowest BCUT2D eigenvalue weighted by atomic mass is 10.2. The lowest BCUT2D eigenvalue weighted by Gasteiger charge is -2.11. The average Bonchev–Trinajstić information content (AvgIpc) is 2.42. The minimum atomic E-state index is -4.03. The normalized spacial score (nSPS) is 11.1. The molecule has 0 atom stereocenters. The number of aryl methyl sites for hydroxylation is 1. The third-order valence-corrected chi connectivity index (χ3v) is 4.69. The van der Waals surface area contributed by atoms with E-state index in [9.17, 15) is 18.5 Å². The van der Waals surface area contributed by atoms with Gasteiger partial charge in [-0.05, 0) is 36.8 Å². The van der Waals surface area contributed by atoms with Crippen molar-refractivity contribution in [1.82, 2.24) is 0 Å². The van der Waals surface area contributed by atoms with Crippen LogP contribution in [0.1, 0.15) is 5.56 Å². The van der Waals surface area contributed by atoms with E-state index in [1.165, 1.54) is 18.2 Å². The Morgan fingerprint density at radius 3 is 2.48 bits per heavy atom. The zero-order chi connectivity index (χ0) is 15.6. The Morgan fingerprint density at radius 1 is 1.19 bits per heavy atom. The molecule has 110 valence electrons. The van der Waals surface area contributed by atoms with Gasteiger partial charge in [0.25, 0.3) is 15.7 Å². The number of nitro groups is 1. The van der Waals surface area contributed by atoms with E-state index in [4.69, 9.17) is 0 Å². The van der Waals surface area contributed by atoms with Gasteiger partial charge in [-0.2, -0.15) is 0 Å². The molecular formula is C13H11BrN2O4S. The molecule has 0 spiro atoms. The van der Waals surface area contributed by atoms with Crippen molar-refractivity contribution in [3.63, 3.8) is 0 Å². The fourth-order valence-electron chi connectivity index (χ4n) is 1.78. The van der Waals surface area contributed by atoms with E-state index in [-0.39, 0.29) is 4.90 Å². The van der Waals surface area contributed by atoms with Gasteiger partial charge in [0.2, 0.25) is 0 Å². The van der Waals surface area contributed by atoms with Crippen molar-refractivity contribution >= 4 is 37.3 Å². The highest BCUT2D eigenvalue weighted by Crippen LogP contribution is 2.27. The molecule has 0 aliphatic carbocycles. The summed E-state index contributed by atoms with van der Waals surface area (Å²) in [5.41, 5.74) is 0.614. The van der Waals surface area contributed by atoms with E-state index in [0.29, 0.717) is 11.3 Å². The molecule has 0 aromatic heterocycles. The number of nitro benzene ring substituents is 1. The molecule has 0 heterocycles. The highest BCUT2D eigenvalue weighted by Gasteiger charge is 2.25. The minimum absolute atomic E-state index is 0.364. The molecule has 0 aliphatic heterocycles. The van der Waals surface area contributed by atoms with Gasteiger partial charge in [-0.25, -0.2) is 8.42 Å². The van der Waals surface area contributed by atoms with E-state index >= 15 is 0 Å². The Labute approximate surface area is 130 Å². The van der Waals surface area contributed by atoms with Crippen LogP contribution in [0.5, 0.6) is 0 Å². The molecule has 2 aromatic carbocycles. The van der Waals surface area contributed by atoms with Crippen LogP contribution in [0.25, 0.3) is 0 Å². The van der Waals surface area contributed by atoms with E-state index < -0.39 is 20.6 Å². The molecule has 0 amide bonds. The Bertz CT molecular complexity index is 806. The minimum Gasteiger partial charge on any atom is -0.279 e. The summed E-state index contributed by atoms with van der Waals surface area (Å²) in [4.78, 5) is 9.86. The number of hydrogen-bond donors (Lipinski definition) is 1. The Morgan fingerprint density at radius 2 is 1.86 bits per heavy atom. The van der Waals surface area contributed by atoms with E-state index in [1.807, 2.05) is 0 Å². The third-order valence-electron chi connectivity index (χ3n) is 2.78. The van der Waals surface area contributed by atoms with Gasteiger partial charge in [0.1, 0.15) is 0 Å². The predicted octanol–water partition coefficient (Wildman–Crippen LogP) is 3.47. The van der Waals surface area contributed by atoms with Crippen LogP contribution in [-0.4, -0.2) is 13.3 Å². The van der Waals surface area contributed by atoms with Crippen LogP contribution in [0.2, 0.25) is 0 Å². The average molecular weight is 371 g/mol. The molecule has 8 heteroatoms. The standard InChI is InChI=1S/C13H11BrN2O4S/c1-9-8-10(14)6-7-11(9)15-21(19,20)13-5-3-2-4-12(13)16(17)18/h2-8,15H,1H3. The number of halogens is 1. The molecule has 0 aliphatic rings. The Kier molecular flexibility index (Phi) is 4.29. The van der Waals surface area contributed by atoms with Crippen molar-refractivity contribution in [2.24, 2.45) is 0 Å². The highest BCUT2D eigenvalue weighted by atomic mass is 79.9. The van der Waals surface area contributed by atoms with Crippen LogP contribution in [0.15, 0.2) is 51.8 Å². The molecule has 2 rings (SSSR count). The first kappa shape index (κ1) is 15.5. The molecule has 2 aromatic rings. The lowest BCUT2D eigenvalue weighted by molar-refractivity contribution is -0.387. The quantitative estimate of drug-likeness (QED) is 0.658. The summed E-state index contributed by atoms with van der Waals surface area (Å²) < 4.78 is 27.9. The van der Waals surface area contributed by atoms with Crippen LogP contribution < -0.4 is 4.72 Å². The first-order valence-electron chi connectivity index (χ1n) is 5.83. The number of sulfonamides is 1. The maximum absolute atomic E-state index is 12.3. The fourth-order valence-corrected chi connectivity index (χ4v) is 3.56. The van der Waals surface area contributed by atoms with E-state index in [0.717, 1.165) is 10.5 Å². The topological polar surface area (TPSA) is 89.3 Å². The van der Waals surface area contributed by atoms with Gasteiger partial charge in [-0.15, -0.1) is 0 Å². The van der Waals surface area contributed by atoms with Crippen molar-refractivity contribution in [1.29, 1.82) is 0 Å². The first-order valence-corrected chi connectivity index (χ1v) is 8.11. The van der Waals surface area contributed by atoms with Crippen LogP contribution in [-0.2, 0) is 10.0 Å². The third kappa shape index (κ3) is 3.40. The number of nitrogens with zero attached hydrogens (tertiary/aromatic N) is 1. The first-order chi connectivity index (χ1) is 9.81. The molecule has 0 saturated carbocycles. The summed E-state index contributed by atoms with van der Waals surface area (Å²) in [6, 6.07) is 10.2. The molecule has 0 radical (unpaired) electrons. The number of anilines is 1. The summed E-state index contributed by atoms with van der Waals surface area (Å²) in [7, 11) is -4.03. The van der Waals surface area contributed by atoms with Crippen LogP contribution in [0.4, 0.5) is 11.4 Å². The molecule has 0 fully saturated rings. The molecule has 0 bridgehead atoms. The van der Waals surface area contributed by atoms with Crippen LogP contribution >= 0.6 is 15.9 Å². The van der Waals surface area contributed by atoms with Gasteiger partial charge in [-0.1, -0.05) is 28.1 Å². The van der Waals surface area contributed by atoms with Crippen molar-refractivity contribution in [3.05, 3.63) is 62.6 Å². The summed E-state index contributed by atoms with van der Waals surface area (Å²) in [6.07, 6.45) is 0. The molecule has 0 unspecified atom stereocenters. The molecule has 21 heavy (non-hydrogen) atoms. The van der Waals surface area contributed by atoms with Crippen molar-refractivity contribution in [2.45, 2.75) is 11.8 Å². The molecular weight excluding hydrogens is 360 g/mol. The fraction of sp³-hybridized carbons (Fsp3) is 0.0769.